The minimum absolute atomic E-state index is 0. The van der Waals surface area contributed by atoms with E-state index in [4.69, 9.17) is 9.84 Å². The fourth-order valence-electron chi connectivity index (χ4n) is 1.85. The third-order valence-corrected chi connectivity index (χ3v) is 2.84. The predicted octanol–water partition coefficient (Wildman–Crippen LogP) is -1.52. The third kappa shape index (κ3) is 2.77. The molecule has 18 heavy (non-hydrogen) atoms. The van der Waals surface area contributed by atoms with Crippen molar-refractivity contribution < 1.29 is 34.4 Å². The summed E-state index contributed by atoms with van der Waals surface area (Å²) in [6, 6.07) is 0. The van der Waals surface area contributed by atoms with Crippen molar-refractivity contribution in [1.29, 1.82) is 0 Å². The zero-order chi connectivity index (χ0) is 12.6. The number of aliphatic hydroxyl groups excluding tert-OH is 2. The molecule has 0 aromatic carbocycles. The quantitative estimate of drug-likeness (QED) is 0.566. The van der Waals surface area contributed by atoms with Gasteiger partial charge in [-0.1, -0.05) is 0 Å². The molecule has 0 saturated carbocycles. The minimum Gasteiger partial charge on any atom is -0.394 e. The van der Waals surface area contributed by atoms with Crippen LogP contribution in [0.2, 0.25) is 0 Å². The van der Waals surface area contributed by atoms with E-state index in [9.17, 15) is 14.7 Å². The van der Waals surface area contributed by atoms with Crippen LogP contribution < -0.4 is 11.2 Å². The summed E-state index contributed by atoms with van der Waals surface area (Å²) in [5.41, 5.74) is -0.643. The molecule has 1 aliphatic heterocycles. The maximum atomic E-state index is 11.6. The Morgan fingerprint density at radius 2 is 2.22 bits per heavy atom. The zero-order valence-corrected chi connectivity index (χ0v) is 11.4. The first-order valence-electron chi connectivity index (χ1n) is 5.29. The Hall–Kier alpha value is -0.817. The number of H-pyrrole nitrogens is 1. The maximum absolute atomic E-state index is 11.6. The second-order valence-corrected chi connectivity index (χ2v) is 4.09. The van der Waals surface area contributed by atoms with Crippen molar-refractivity contribution in [3.05, 3.63) is 32.6 Å². The fourth-order valence-corrected chi connectivity index (χ4v) is 1.85. The first-order chi connectivity index (χ1) is 8.02. The van der Waals surface area contributed by atoms with E-state index in [1.807, 2.05) is 0 Å². The van der Waals surface area contributed by atoms with Crippen molar-refractivity contribution in [3.63, 3.8) is 0 Å². The molecule has 0 spiro atoms. The van der Waals surface area contributed by atoms with Crippen LogP contribution in [0.15, 0.2) is 15.8 Å². The van der Waals surface area contributed by atoms with E-state index >= 15 is 0 Å². The molecule has 1 aromatic heterocycles. The van der Waals surface area contributed by atoms with Crippen molar-refractivity contribution in [3.8, 4) is 0 Å². The van der Waals surface area contributed by atoms with Gasteiger partial charge in [0.2, 0.25) is 0 Å². The van der Waals surface area contributed by atoms with Gasteiger partial charge < -0.3 is 14.9 Å². The molecule has 8 heteroatoms. The third-order valence-electron chi connectivity index (χ3n) is 2.84. The van der Waals surface area contributed by atoms with Gasteiger partial charge in [-0.15, -0.1) is 0 Å². The van der Waals surface area contributed by atoms with Crippen LogP contribution >= 0.6 is 0 Å². The normalized spacial score (nSPS) is 26.9. The van der Waals surface area contributed by atoms with Crippen molar-refractivity contribution >= 4 is 0 Å². The molecule has 1 aliphatic rings. The molecule has 1 aromatic rings. The first-order valence-corrected chi connectivity index (χ1v) is 5.29. The molecule has 0 unspecified atom stereocenters. The van der Waals surface area contributed by atoms with E-state index in [-0.39, 0.29) is 32.5 Å². The summed E-state index contributed by atoms with van der Waals surface area (Å²) in [5.74, 6) is 0. The number of nitrogens with one attached hydrogen (secondary N) is 1. The summed E-state index contributed by atoms with van der Waals surface area (Å²) < 4.78 is 6.54. The van der Waals surface area contributed by atoms with E-state index in [1.54, 1.807) is 6.92 Å². The number of ether oxygens (including phenoxy) is 1. The Morgan fingerprint density at radius 3 is 2.78 bits per heavy atom. The number of aryl methyl sites for hydroxylation is 1. The molecular weight excluding hydrogens is 329 g/mol. The molecule has 0 aliphatic carbocycles. The molecule has 2 rings (SSSR count). The fraction of sp³-hybridized carbons (Fsp3) is 0.600. The molecule has 1 saturated heterocycles. The van der Waals surface area contributed by atoms with Gasteiger partial charge in [0, 0.05) is 37.7 Å². The second-order valence-electron chi connectivity index (χ2n) is 4.09. The number of aliphatic hydroxyl groups is 2. The van der Waals surface area contributed by atoms with Crippen LogP contribution in [0.5, 0.6) is 0 Å². The van der Waals surface area contributed by atoms with Crippen LogP contribution in [-0.4, -0.2) is 38.6 Å². The van der Waals surface area contributed by atoms with Crippen molar-refractivity contribution in [2.24, 2.45) is 0 Å². The number of aromatic amines is 1. The second kappa shape index (κ2) is 5.88. The molecule has 102 valence electrons. The smallest absolute Gasteiger partial charge is 0.330 e. The van der Waals surface area contributed by atoms with Crippen LogP contribution in [0.1, 0.15) is 18.2 Å². The Bertz CT molecular complexity index is 526. The van der Waals surface area contributed by atoms with Gasteiger partial charge in [-0.2, -0.15) is 0 Å². The Kier molecular flexibility index (Phi) is 4.98. The van der Waals surface area contributed by atoms with Crippen LogP contribution in [0.3, 0.4) is 0 Å². The monoisotopic (exact) mass is 344 g/mol. The Labute approximate surface area is 115 Å². The van der Waals surface area contributed by atoms with Gasteiger partial charge in [0.05, 0.1) is 12.7 Å². The minimum atomic E-state index is -0.816. The number of rotatable bonds is 2. The SMILES string of the molecule is Cc1cn([C@H]2C[C@H](O)[C@@H](CO)O2)c(=O)[nH]c1=O.[Ru]. The molecule has 1 fully saturated rings. The summed E-state index contributed by atoms with van der Waals surface area (Å²) in [7, 11) is 0. The van der Waals surface area contributed by atoms with Gasteiger partial charge in [0.1, 0.15) is 12.3 Å². The summed E-state index contributed by atoms with van der Waals surface area (Å²) >= 11 is 0. The van der Waals surface area contributed by atoms with Crippen LogP contribution in [0.25, 0.3) is 0 Å². The van der Waals surface area contributed by atoms with Crippen molar-refractivity contribution in [2.45, 2.75) is 31.8 Å². The van der Waals surface area contributed by atoms with Gasteiger partial charge in [-0.3, -0.25) is 14.3 Å². The summed E-state index contributed by atoms with van der Waals surface area (Å²) in [4.78, 5) is 24.9. The van der Waals surface area contributed by atoms with Gasteiger partial charge in [-0.05, 0) is 6.92 Å². The van der Waals surface area contributed by atoms with E-state index in [1.165, 1.54) is 10.8 Å². The first kappa shape index (κ1) is 15.2. The Balaban J connectivity index is 0.00000162. The standard InChI is InChI=1S/C10H14N2O5.Ru/c1-5-3-12(10(16)11-9(5)15)8-2-6(14)7(4-13)17-8;/h3,6-8,13-14H,2,4H2,1H3,(H,11,15,16);/t6-,7+,8+;/m0./s1. The number of hydrogen-bond donors (Lipinski definition) is 3. The Morgan fingerprint density at radius 1 is 1.56 bits per heavy atom. The van der Waals surface area contributed by atoms with Crippen LogP contribution in [0, 0.1) is 6.92 Å². The van der Waals surface area contributed by atoms with Crippen LogP contribution in [-0.2, 0) is 24.2 Å². The summed E-state index contributed by atoms with van der Waals surface area (Å²) in [6.45, 7) is 1.26. The van der Waals surface area contributed by atoms with Crippen LogP contribution in [0.4, 0.5) is 0 Å². The van der Waals surface area contributed by atoms with Gasteiger partial charge in [0.25, 0.3) is 5.56 Å². The average molecular weight is 343 g/mol. The molecule has 0 bridgehead atoms. The van der Waals surface area contributed by atoms with E-state index in [2.05, 4.69) is 4.98 Å². The van der Waals surface area contributed by atoms with Crippen molar-refractivity contribution in [1.82, 2.24) is 9.55 Å². The molecule has 0 radical (unpaired) electrons. The van der Waals surface area contributed by atoms with Crippen molar-refractivity contribution in [2.75, 3.05) is 6.61 Å². The van der Waals surface area contributed by atoms with Gasteiger partial charge in [-0.25, -0.2) is 4.79 Å². The van der Waals surface area contributed by atoms with E-state index in [0.29, 0.717) is 5.56 Å². The van der Waals surface area contributed by atoms with Gasteiger partial charge >= 0.3 is 5.69 Å². The number of nitrogens with zero attached hydrogens (tertiary/aromatic N) is 1. The van der Waals surface area contributed by atoms with Gasteiger partial charge in [0.15, 0.2) is 0 Å². The molecule has 0 amide bonds. The summed E-state index contributed by atoms with van der Waals surface area (Å²) in [5, 5.41) is 18.5. The molecule has 7 nitrogen and oxygen atoms in total. The zero-order valence-electron chi connectivity index (χ0n) is 9.64. The molecule has 2 heterocycles. The molecule has 3 atom stereocenters. The van der Waals surface area contributed by atoms with E-state index < -0.39 is 29.7 Å². The number of hydrogen-bond acceptors (Lipinski definition) is 5. The average Bonchev–Trinajstić information content (AvgIpc) is 2.65. The molecule has 3 N–H and O–H groups in total. The molecular formula is C10H14N2O5Ru. The number of aromatic nitrogens is 2. The largest absolute Gasteiger partial charge is 0.394 e. The summed E-state index contributed by atoms with van der Waals surface area (Å²) in [6.07, 6.45) is -0.581. The predicted molar refractivity (Wildman–Crippen MR) is 57.7 cm³/mol. The van der Waals surface area contributed by atoms with E-state index in [0.717, 1.165) is 0 Å². The topological polar surface area (TPSA) is 105 Å². The maximum Gasteiger partial charge on any atom is 0.330 e.